The van der Waals surface area contributed by atoms with Crippen molar-refractivity contribution >= 4 is 5.69 Å². The molecule has 0 saturated carbocycles. The van der Waals surface area contributed by atoms with Crippen molar-refractivity contribution in [1.82, 2.24) is 15.0 Å². The molecule has 0 atom stereocenters. The van der Waals surface area contributed by atoms with Crippen LogP contribution in [-0.4, -0.2) is 67.4 Å². The molecule has 6 heteroatoms. The van der Waals surface area contributed by atoms with Crippen LogP contribution in [0.15, 0.2) is 28.8 Å². The van der Waals surface area contributed by atoms with Gasteiger partial charge in [0.15, 0.2) is 0 Å². The van der Waals surface area contributed by atoms with Gasteiger partial charge in [-0.05, 0) is 51.9 Å². The van der Waals surface area contributed by atoms with Crippen molar-refractivity contribution < 1.29 is 9.26 Å². The lowest BCUT2D eigenvalue weighted by molar-refractivity contribution is 0.0995. The van der Waals surface area contributed by atoms with Crippen LogP contribution in [0.5, 0.6) is 5.75 Å². The molecule has 0 radical (unpaired) electrons. The molecule has 2 aromatic rings. The number of methoxy groups -OCH3 is 1. The first kappa shape index (κ1) is 19.3. The van der Waals surface area contributed by atoms with Crippen molar-refractivity contribution in [2.45, 2.75) is 39.3 Å². The van der Waals surface area contributed by atoms with E-state index in [1.54, 1.807) is 7.11 Å². The maximum Gasteiger partial charge on any atom is 0.138 e. The van der Waals surface area contributed by atoms with Gasteiger partial charge in [0.05, 0.1) is 12.8 Å². The Morgan fingerprint density at radius 2 is 1.82 bits per heavy atom. The quantitative estimate of drug-likeness (QED) is 0.789. The second kappa shape index (κ2) is 8.53. The van der Waals surface area contributed by atoms with Gasteiger partial charge in [0.1, 0.15) is 11.5 Å². The lowest BCUT2D eigenvalue weighted by Crippen LogP contribution is -2.53. The van der Waals surface area contributed by atoms with Crippen molar-refractivity contribution in [2.24, 2.45) is 0 Å². The Balaban J connectivity index is 1.26. The molecule has 152 valence electrons. The number of anilines is 1. The van der Waals surface area contributed by atoms with Gasteiger partial charge in [-0.2, -0.15) is 0 Å². The average molecular weight is 385 g/mol. The minimum absolute atomic E-state index is 0.716. The summed E-state index contributed by atoms with van der Waals surface area (Å²) >= 11 is 0. The molecular formula is C22H32N4O2. The number of likely N-dealkylation sites (tertiary alicyclic amines) is 1. The number of piperazine rings is 1. The first-order valence-corrected chi connectivity index (χ1v) is 10.4. The van der Waals surface area contributed by atoms with Crippen molar-refractivity contribution in [3.05, 3.63) is 41.3 Å². The molecule has 2 aliphatic rings. The number of rotatable bonds is 5. The minimum atomic E-state index is 0.716. The van der Waals surface area contributed by atoms with E-state index in [4.69, 9.17) is 9.26 Å². The first-order chi connectivity index (χ1) is 13.6. The third kappa shape index (κ3) is 4.18. The second-order valence-corrected chi connectivity index (χ2v) is 8.03. The van der Waals surface area contributed by atoms with Gasteiger partial charge in [-0.25, -0.2) is 0 Å². The van der Waals surface area contributed by atoms with E-state index in [2.05, 4.69) is 38.1 Å². The SMILES string of the molecule is COc1cccc(N2CCN(C3CCN(Cc4c(C)noc4C)CC3)CC2)c1. The molecule has 0 amide bonds. The van der Waals surface area contributed by atoms with Crippen LogP contribution in [0.1, 0.15) is 29.9 Å². The van der Waals surface area contributed by atoms with Gasteiger partial charge >= 0.3 is 0 Å². The van der Waals surface area contributed by atoms with Crippen molar-refractivity contribution in [3.8, 4) is 5.75 Å². The fourth-order valence-corrected chi connectivity index (χ4v) is 4.55. The predicted octanol–water partition coefficient (Wildman–Crippen LogP) is 3.09. The van der Waals surface area contributed by atoms with Crippen LogP contribution in [0.4, 0.5) is 5.69 Å². The zero-order valence-corrected chi connectivity index (χ0v) is 17.4. The topological polar surface area (TPSA) is 45.0 Å². The van der Waals surface area contributed by atoms with E-state index in [9.17, 15) is 0 Å². The maximum atomic E-state index is 5.37. The summed E-state index contributed by atoms with van der Waals surface area (Å²) in [6, 6.07) is 9.13. The summed E-state index contributed by atoms with van der Waals surface area (Å²) in [5.74, 6) is 1.90. The number of nitrogens with zero attached hydrogens (tertiary/aromatic N) is 4. The molecule has 2 saturated heterocycles. The van der Waals surface area contributed by atoms with Crippen LogP contribution in [0.25, 0.3) is 0 Å². The van der Waals surface area contributed by atoms with Gasteiger partial charge in [-0.15, -0.1) is 0 Å². The third-order valence-corrected chi connectivity index (χ3v) is 6.37. The Bertz CT molecular complexity index is 755. The molecule has 0 unspecified atom stereocenters. The van der Waals surface area contributed by atoms with Gasteiger partial charge in [0, 0.05) is 56.1 Å². The van der Waals surface area contributed by atoms with Crippen molar-refractivity contribution in [3.63, 3.8) is 0 Å². The van der Waals surface area contributed by atoms with E-state index < -0.39 is 0 Å². The summed E-state index contributed by atoms with van der Waals surface area (Å²) in [5.41, 5.74) is 3.58. The predicted molar refractivity (Wildman–Crippen MR) is 111 cm³/mol. The smallest absolute Gasteiger partial charge is 0.138 e. The molecule has 3 heterocycles. The normalized spacial score (nSPS) is 19.9. The summed E-state index contributed by atoms with van der Waals surface area (Å²) in [7, 11) is 1.73. The molecule has 0 spiro atoms. The Labute approximate surface area is 168 Å². The average Bonchev–Trinajstić information content (AvgIpc) is 3.06. The fourth-order valence-electron chi connectivity index (χ4n) is 4.55. The standard InChI is InChI=1S/C22H32N4O2/c1-17-22(18(2)28-23-17)16-24-9-7-19(8-10-24)25-11-13-26(14-12-25)20-5-4-6-21(15-20)27-3/h4-6,15,19H,7-14,16H2,1-3H3. The monoisotopic (exact) mass is 384 g/mol. The van der Waals surface area contributed by atoms with E-state index in [-0.39, 0.29) is 0 Å². The molecule has 1 aromatic heterocycles. The van der Waals surface area contributed by atoms with Crippen molar-refractivity contribution in [2.75, 3.05) is 51.3 Å². The fraction of sp³-hybridized carbons (Fsp3) is 0.591. The molecule has 2 fully saturated rings. The third-order valence-electron chi connectivity index (χ3n) is 6.37. The minimum Gasteiger partial charge on any atom is -0.497 e. The molecule has 6 nitrogen and oxygen atoms in total. The van der Waals surface area contributed by atoms with E-state index >= 15 is 0 Å². The Morgan fingerprint density at radius 3 is 2.46 bits per heavy atom. The Kier molecular flexibility index (Phi) is 5.87. The van der Waals surface area contributed by atoms with Gasteiger partial charge < -0.3 is 14.2 Å². The van der Waals surface area contributed by atoms with Gasteiger partial charge in [-0.3, -0.25) is 9.80 Å². The molecular weight excluding hydrogens is 352 g/mol. The zero-order valence-electron chi connectivity index (χ0n) is 17.4. The first-order valence-electron chi connectivity index (χ1n) is 10.4. The van der Waals surface area contributed by atoms with E-state index in [0.29, 0.717) is 6.04 Å². The number of hydrogen-bond donors (Lipinski definition) is 0. The summed E-state index contributed by atoms with van der Waals surface area (Å²) in [6.45, 7) is 11.8. The van der Waals surface area contributed by atoms with Crippen LogP contribution in [0, 0.1) is 13.8 Å². The summed E-state index contributed by atoms with van der Waals surface area (Å²) in [6.07, 6.45) is 2.51. The number of piperidine rings is 1. The molecule has 28 heavy (non-hydrogen) atoms. The van der Waals surface area contributed by atoms with Crippen LogP contribution >= 0.6 is 0 Å². The lowest BCUT2D eigenvalue weighted by atomic mass is 10.0. The van der Waals surface area contributed by atoms with Crippen LogP contribution in [0.2, 0.25) is 0 Å². The highest BCUT2D eigenvalue weighted by atomic mass is 16.5. The van der Waals surface area contributed by atoms with Crippen molar-refractivity contribution in [1.29, 1.82) is 0 Å². The number of benzene rings is 1. The molecule has 1 aromatic carbocycles. The summed E-state index contributed by atoms with van der Waals surface area (Å²) in [5, 5.41) is 4.09. The largest absolute Gasteiger partial charge is 0.497 e. The lowest BCUT2D eigenvalue weighted by Gasteiger charge is -2.43. The van der Waals surface area contributed by atoms with Gasteiger partial charge in [-0.1, -0.05) is 11.2 Å². The number of aromatic nitrogens is 1. The van der Waals surface area contributed by atoms with E-state index in [1.165, 1.54) is 24.1 Å². The summed E-state index contributed by atoms with van der Waals surface area (Å²) in [4.78, 5) is 7.73. The van der Waals surface area contributed by atoms with Crippen LogP contribution in [0.3, 0.4) is 0 Å². The van der Waals surface area contributed by atoms with Crippen LogP contribution < -0.4 is 9.64 Å². The number of hydrogen-bond acceptors (Lipinski definition) is 6. The second-order valence-electron chi connectivity index (χ2n) is 8.03. The van der Waals surface area contributed by atoms with E-state index in [1.807, 2.05) is 19.9 Å². The summed E-state index contributed by atoms with van der Waals surface area (Å²) < 4.78 is 10.7. The highest BCUT2D eigenvalue weighted by Crippen LogP contribution is 2.25. The molecule has 4 rings (SSSR count). The van der Waals surface area contributed by atoms with Crippen LogP contribution in [-0.2, 0) is 6.54 Å². The molecule has 0 bridgehead atoms. The molecule has 0 N–H and O–H groups in total. The zero-order chi connectivity index (χ0) is 19.5. The highest BCUT2D eigenvalue weighted by molar-refractivity contribution is 5.51. The number of aryl methyl sites for hydroxylation is 2. The van der Waals surface area contributed by atoms with Gasteiger partial charge in [0.25, 0.3) is 0 Å². The number of ether oxygens (including phenoxy) is 1. The Morgan fingerprint density at radius 1 is 1.07 bits per heavy atom. The maximum absolute atomic E-state index is 5.37. The van der Waals surface area contributed by atoms with Gasteiger partial charge in [0.2, 0.25) is 0 Å². The van der Waals surface area contributed by atoms with E-state index in [0.717, 1.165) is 63.0 Å². The Hall–Kier alpha value is -2.05. The molecule has 0 aliphatic carbocycles. The highest BCUT2D eigenvalue weighted by Gasteiger charge is 2.28. The molecule has 2 aliphatic heterocycles.